The van der Waals surface area contributed by atoms with Crippen LogP contribution in [-0.2, 0) is 4.74 Å². The van der Waals surface area contributed by atoms with Crippen LogP contribution < -0.4 is 5.32 Å². The first-order valence-corrected chi connectivity index (χ1v) is 6.58. The molecule has 4 nitrogen and oxygen atoms in total. The fourth-order valence-corrected chi connectivity index (χ4v) is 2.10. The number of nitrogens with one attached hydrogen (secondary N) is 1. The highest BCUT2D eigenvalue weighted by atomic mass is 16.5. The van der Waals surface area contributed by atoms with Gasteiger partial charge in [0, 0.05) is 12.5 Å². The van der Waals surface area contributed by atoms with Gasteiger partial charge in [-0.25, -0.2) is 4.98 Å². The molecule has 2 unspecified atom stereocenters. The van der Waals surface area contributed by atoms with Gasteiger partial charge in [0.1, 0.15) is 5.76 Å². The summed E-state index contributed by atoms with van der Waals surface area (Å²) in [6.45, 7) is 6.88. The average molecular weight is 238 g/mol. The second-order valence-electron chi connectivity index (χ2n) is 4.69. The molecule has 96 valence electrons. The zero-order valence-electron chi connectivity index (χ0n) is 10.7. The van der Waals surface area contributed by atoms with Crippen molar-refractivity contribution in [3.05, 3.63) is 17.8 Å². The van der Waals surface area contributed by atoms with Crippen molar-refractivity contribution >= 4 is 0 Å². The number of aromatic nitrogens is 1. The minimum Gasteiger partial charge on any atom is -0.444 e. The van der Waals surface area contributed by atoms with E-state index in [0.717, 1.165) is 50.7 Å². The first kappa shape index (κ1) is 12.6. The minimum atomic E-state index is 0.188. The quantitative estimate of drug-likeness (QED) is 0.856. The predicted octanol–water partition coefficient (Wildman–Crippen LogP) is 2.63. The lowest BCUT2D eigenvalue weighted by Gasteiger charge is -2.19. The maximum Gasteiger partial charge on any atom is 0.211 e. The van der Waals surface area contributed by atoms with E-state index in [1.807, 2.05) is 6.20 Å². The highest BCUT2D eigenvalue weighted by Gasteiger charge is 2.21. The van der Waals surface area contributed by atoms with Crippen LogP contribution in [0.5, 0.6) is 0 Å². The van der Waals surface area contributed by atoms with Crippen molar-refractivity contribution in [3.8, 4) is 0 Å². The molecule has 1 aliphatic heterocycles. The molecule has 2 atom stereocenters. The second-order valence-corrected chi connectivity index (χ2v) is 4.69. The Morgan fingerprint density at radius 2 is 2.47 bits per heavy atom. The molecule has 0 spiro atoms. The summed E-state index contributed by atoms with van der Waals surface area (Å²) in [5, 5.41) is 3.38. The van der Waals surface area contributed by atoms with Gasteiger partial charge in [-0.05, 0) is 32.7 Å². The smallest absolute Gasteiger partial charge is 0.211 e. The molecule has 1 saturated heterocycles. The Bertz CT molecular complexity index is 332. The number of ether oxygens (including phenoxy) is 1. The summed E-state index contributed by atoms with van der Waals surface area (Å²) < 4.78 is 11.3. The molecule has 1 aliphatic rings. The highest BCUT2D eigenvalue weighted by molar-refractivity contribution is 5.04. The van der Waals surface area contributed by atoms with E-state index in [1.165, 1.54) is 0 Å². The lowest BCUT2D eigenvalue weighted by Crippen LogP contribution is -2.19. The standard InChI is InChI=1S/C13H22N2O2/c1-3-6-14-10(2)13-15-8-12(17-13)11-5-4-7-16-9-11/h8,10-11,14H,3-7,9H2,1-2H3. The van der Waals surface area contributed by atoms with E-state index in [4.69, 9.17) is 9.15 Å². The van der Waals surface area contributed by atoms with Crippen LogP contribution in [0.25, 0.3) is 0 Å². The van der Waals surface area contributed by atoms with Crippen molar-refractivity contribution in [1.82, 2.24) is 10.3 Å². The molecule has 2 rings (SSSR count). The maximum atomic E-state index is 5.83. The number of rotatable bonds is 5. The second kappa shape index (κ2) is 6.17. The molecule has 0 radical (unpaired) electrons. The van der Waals surface area contributed by atoms with Crippen LogP contribution in [-0.4, -0.2) is 24.7 Å². The van der Waals surface area contributed by atoms with Crippen molar-refractivity contribution in [2.45, 2.75) is 45.1 Å². The normalized spacial score (nSPS) is 22.6. The van der Waals surface area contributed by atoms with Crippen LogP contribution in [0.3, 0.4) is 0 Å². The van der Waals surface area contributed by atoms with E-state index < -0.39 is 0 Å². The molecule has 4 heteroatoms. The summed E-state index contributed by atoms with van der Waals surface area (Å²) in [4.78, 5) is 4.36. The predicted molar refractivity (Wildman–Crippen MR) is 66.0 cm³/mol. The van der Waals surface area contributed by atoms with Gasteiger partial charge in [0.2, 0.25) is 5.89 Å². The Kier molecular flexibility index (Phi) is 4.57. The van der Waals surface area contributed by atoms with Crippen LogP contribution in [0.2, 0.25) is 0 Å². The molecule has 2 heterocycles. The molecule has 1 fully saturated rings. The van der Waals surface area contributed by atoms with Gasteiger partial charge in [0.05, 0.1) is 18.8 Å². The largest absolute Gasteiger partial charge is 0.444 e. The third kappa shape index (κ3) is 3.30. The van der Waals surface area contributed by atoms with E-state index >= 15 is 0 Å². The Morgan fingerprint density at radius 1 is 1.59 bits per heavy atom. The Balaban J connectivity index is 1.94. The molecule has 1 aromatic heterocycles. The Morgan fingerprint density at radius 3 is 3.18 bits per heavy atom. The molecule has 17 heavy (non-hydrogen) atoms. The first-order valence-electron chi connectivity index (χ1n) is 6.58. The summed E-state index contributed by atoms with van der Waals surface area (Å²) in [6, 6.07) is 0.188. The van der Waals surface area contributed by atoms with Gasteiger partial charge in [-0.2, -0.15) is 0 Å². The van der Waals surface area contributed by atoms with Crippen LogP contribution >= 0.6 is 0 Å². The Hall–Kier alpha value is -0.870. The molecule has 0 saturated carbocycles. The fourth-order valence-electron chi connectivity index (χ4n) is 2.10. The van der Waals surface area contributed by atoms with Crippen molar-refractivity contribution in [2.75, 3.05) is 19.8 Å². The van der Waals surface area contributed by atoms with Gasteiger partial charge < -0.3 is 14.5 Å². The molecule has 1 N–H and O–H groups in total. The van der Waals surface area contributed by atoms with E-state index in [-0.39, 0.29) is 6.04 Å². The number of nitrogens with zero attached hydrogens (tertiary/aromatic N) is 1. The van der Waals surface area contributed by atoms with E-state index in [2.05, 4.69) is 24.1 Å². The summed E-state index contributed by atoms with van der Waals surface area (Å²) in [7, 11) is 0. The molecule has 0 aliphatic carbocycles. The van der Waals surface area contributed by atoms with E-state index in [0.29, 0.717) is 5.92 Å². The van der Waals surface area contributed by atoms with E-state index in [1.54, 1.807) is 0 Å². The van der Waals surface area contributed by atoms with Gasteiger partial charge in [0.15, 0.2) is 0 Å². The maximum absolute atomic E-state index is 5.83. The zero-order chi connectivity index (χ0) is 12.1. The van der Waals surface area contributed by atoms with Gasteiger partial charge in [-0.1, -0.05) is 6.92 Å². The summed E-state index contributed by atoms with van der Waals surface area (Å²) >= 11 is 0. The highest BCUT2D eigenvalue weighted by Crippen LogP contribution is 2.27. The third-order valence-electron chi connectivity index (χ3n) is 3.18. The first-order chi connectivity index (χ1) is 8.31. The summed E-state index contributed by atoms with van der Waals surface area (Å²) in [5.74, 6) is 2.16. The Labute approximate surface area is 103 Å². The van der Waals surface area contributed by atoms with Crippen LogP contribution in [0.15, 0.2) is 10.6 Å². The summed E-state index contributed by atoms with van der Waals surface area (Å²) in [6.07, 6.45) is 5.24. The minimum absolute atomic E-state index is 0.188. The third-order valence-corrected chi connectivity index (χ3v) is 3.18. The van der Waals surface area contributed by atoms with E-state index in [9.17, 15) is 0 Å². The molecule has 1 aromatic rings. The monoisotopic (exact) mass is 238 g/mol. The topological polar surface area (TPSA) is 47.3 Å². The van der Waals surface area contributed by atoms with Gasteiger partial charge >= 0.3 is 0 Å². The number of hydrogen-bond donors (Lipinski definition) is 1. The number of oxazole rings is 1. The van der Waals surface area contributed by atoms with Crippen LogP contribution in [0, 0.1) is 0 Å². The van der Waals surface area contributed by atoms with Crippen LogP contribution in [0.1, 0.15) is 56.7 Å². The molecule has 0 bridgehead atoms. The van der Waals surface area contributed by atoms with Crippen molar-refractivity contribution in [3.63, 3.8) is 0 Å². The molecule has 0 aromatic carbocycles. The van der Waals surface area contributed by atoms with Crippen molar-refractivity contribution in [1.29, 1.82) is 0 Å². The van der Waals surface area contributed by atoms with Gasteiger partial charge in [0.25, 0.3) is 0 Å². The lowest BCUT2D eigenvalue weighted by atomic mass is 10.0. The summed E-state index contributed by atoms with van der Waals surface area (Å²) in [5.41, 5.74) is 0. The van der Waals surface area contributed by atoms with Gasteiger partial charge in [-0.15, -0.1) is 0 Å². The molecular weight excluding hydrogens is 216 g/mol. The average Bonchev–Trinajstić information content (AvgIpc) is 2.86. The number of hydrogen-bond acceptors (Lipinski definition) is 4. The SMILES string of the molecule is CCCNC(C)c1ncc(C2CCCOC2)o1. The van der Waals surface area contributed by atoms with Crippen molar-refractivity contribution in [2.24, 2.45) is 0 Å². The fraction of sp³-hybridized carbons (Fsp3) is 0.769. The molecule has 0 amide bonds. The molecular formula is C13H22N2O2. The lowest BCUT2D eigenvalue weighted by molar-refractivity contribution is 0.0736. The van der Waals surface area contributed by atoms with Crippen LogP contribution in [0.4, 0.5) is 0 Å². The van der Waals surface area contributed by atoms with Gasteiger partial charge in [-0.3, -0.25) is 0 Å². The zero-order valence-corrected chi connectivity index (χ0v) is 10.7. The van der Waals surface area contributed by atoms with Crippen molar-refractivity contribution < 1.29 is 9.15 Å².